The van der Waals surface area contributed by atoms with Crippen molar-refractivity contribution in [2.45, 2.75) is 58.0 Å². The van der Waals surface area contributed by atoms with Crippen LogP contribution in [0.2, 0.25) is 0 Å². The number of nitrogens with one attached hydrogen (secondary N) is 1. The van der Waals surface area contributed by atoms with Crippen molar-refractivity contribution in [1.29, 1.82) is 0 Å². The highest BCUT2D eigenvalue weighted by Crippen LogP contribution is 2.30. The van der Waals surface area contributed by atoms with E-state index in [2.05, 4.69) is 4.98 Å². The first-order valence-electron chi connectivity index (χ1n) is 9.65. The minimum atomic E-state index is -0.702. The third kappa shape index (κ3) is 3.85. The van der Waals surface area contributed by atoms with Crippen LogP contribution >= 0.6 is 0 Å². The van der Waals surface area contributed by atoms with Gasteiger partial charge in [-0.3, -0.25) is 24.0 Å². The van der Waals surface area contributed by atoms with Crippen LogP contribution in [-0.4, -0.2) is 21.5 Å². The van der Waals surface area contributed by atoms with Gasteiger partial charge in [0.15, 0.2) is 5.69 Å². The summed E-state index contributed by atoms with van der Waals surface area (Å²) in [5, 5.41) is 0. The molecule has 7 nitrogen and oxygen atoms in total. The van der Waals surface area contributed by atoms with Crippen molar-refractivity contribution in [3.05, 3.63) is 56.5 Å². The Bertz CT molecular complexity index is 976. The number of nitrogens with two attached hydrogens (primary N) is 1. The van der Waals surface area contributed by atoms with E-state index >= 15 is 0 Å². The van der Waals surface area contributed by atoms with Crippen LogP contribution in [0.4, 0.5) is 15.9 Å². The fraction of sp³-hybridized carbons (Fsp3) is 0.450. The van der Waals surface area contributed by atoms with E-state index in [1.807, 2.05) is 6.92 Å². The first-order valence-corrected chi connectivity index (χ1v) is 9.65. The number of rotatable bonds is 6. The number of hydrogen-bond acceptors (Lipinski definition) is 4. The summed E-state index contributed by atoms with van der Waals surface area (Å²) in [5.74, 6) is -1.06. The Labute approximate surface area is 162 Å². The molecule has 2 aromatic rings. The number of aromatic nitrogens is 2. The number of unbranched alkanes of at least 4 members (excludes halogenated alkanes) is 1. The molecule has 1 aliphatic rings. The molecule has 0 bridgehead atoms. The number of halogens is 1. The van der Waals surface area contributed by atoms with Crippen LogP contribution in [0.3, 0.4) is 0 Å². The minimum absolute atomic E-state index is 0.0288. The first kappa shape index (κ1) is 19.9. The average molecular weight is 388 g/mol. The third-order valence-corrected chi connectivity index (χ3v) is 5.17. The summed E-state index contributed by atoms with van der Waals surface area (Å²) >= 11 is 0. The van der Waals surface area contributed by atoms with Gasteiger partial charge in [0, 0.05) is 18.2 Å². The highest BCUT2D eigenvalue weighted by atomic mass is 19.1. The Balaban J connectivity index is 2.15. The van der Waals surface area contributed by atoms with E-state index in [0.29, 0.717) is 25.8 Å². The quantitative estimate of drug-likeness (QED) is 0.794. The predicted octanol–water partition coefficient (Wildman–Crippen LogP) is 2.65. The SMILES string of the molecule is CCCCn1c(N)c(N(C(=O)c2cccc(F)c2)C2CCCC2)c(=O)[nH]c1=O. The molecule has 3 rings (SSSR count). The van der Waals surface area contributed by atoms with E-state index in [1.165, 1.54) is 27.7 Å². The molecule has 0 unspecified atom stereocenters. The van der Waals surface area contributed by atoms with E-state index in [0.717, 1.165) is 25.3 Å². The van der Waals surface area contributed by atoms with Crippen molar-refractivity contribution in [2.75, 3.05) is 10.6 Å². The van der Waals surface area contributed by atoms with E-state index in [-0.39, 0.29) is 23.1 Å². The third-order valence-electron chi connectivity index (χ3n) is 5.17. The van der Waals surface area contributed by atoms with Gasteiger partial charge in [-0.2, -0.15) is 0 Å². The maximum absolute atomic E-state index is 13.7. The molecule has 28 heavy (non-hydrogen) atoms. The summed E-state index contributed by atoms with van der Waals surface area (Å²) in [6, 6.07) is 5.12. The lowest BCUT2D eigenvalue weighted by molar-refractivity contribution is 0.0976. The van der Waals surface area contributed by atoms with Crippen LogP contribution < -0.4 is 21.9 Å². The Morgan fingerprint density at radius 1 is 1.32 bits per heavy atom. The van der Waals surface area contributed by atoms with Gasteiger partial charge in [-0.05, 0) is 37.5 Å². The van der Waals surface area contributed by atoms with Gasteiger partial charge >= 0.3 is 5.69 Å². The molecule has 1 amide bonds. The van der Waals surface area contributed by atoms with Gasteiger partial charge < -0.3 is 5.73 Å². The topological polar surface area (TPSA) is 101 Å². The fourth-order valence-corrected chi connectivity index (χ4v) is 3.72. The molecule has 1 aromatic heterocycles. The van der Waals surface area contributed by atoms with Crippen molar-refractivity contribution in [3.63, 3.8) is 0 Å². The van der Waals surface area contributed by atoms with Crippen molar-refractivity contribution in [3.8, 4) is 0 Å². The van der Waals surface area contributed by atoms with Crippen LogP contribution in [0.5, 0.6) is 0 Å². The molecule has 3 N–H and O–H groups in total. The zero-order chi connectivity index (χ0) is 20.3. The molecule has 0 aliphatic heterocycles. The molecule has 8 heteroatoms. The number of nitrogen functional groups attached to an aromatic ring is 1. The van der Waals surface area contributed by atoms with Crippen molar-refractivity contribution in [1.82, 2.24) is 9.55 Å². The predicted molar refractivity (Wildman–Crippen MR) is 106 cm³/mol. The molecular formula is C20H25FN4O3. The Kier molecular flexibility index (Phi) is 5.96. The number of carbonyl (C=O) groups is 1. The zero-order valence-electron chi connectivity index (χ0n) is 15.9. The van der Waals surface area contributed by atoms with Crippen LogP contribution in [0.1, 0.15) is 55.8 Å². The van der Waals surface area contributed by atoms with Crippen molar-refractivity contribution >= 4 is 17.4 Å². The Hall–Kier alpha value is -2.90. The molecule has 0 spiro atoms. The Morgan fingerprint density at radius 3 is 2.68 bits per heavy atom. The second kappa shape index (κ2) is 8.41. The van der Waals surface area contributed by atoms with Gasteiger partial charge in [-0.1, -0.05) is 32.3 Å². The van der Waals surface area contributed by atoms with E-state index in [1.54, 1.807) is 0 Å². The molecule has 0 radical (unpaired) electrons. The summed E-state index contributed by atoms with van der Waals surface area (Å²) < 4.78 is 15.0. The summed E-state index contributed by atoms with van der Waals surface area (Å²) in [6.45, 7) is 2.32. The van der Waals surface area contributed by atoms with Gasteiger partial charge in [-0.25, -0.2) is 9.18 Å². The number of anilines is 2. The molecule has 1 aromatic carbocycles. The largest absolute Gasteiger partial charge is 0.383 e. The fourth-order valence-electron chi connectivity index (χ4n) is 3.72. The smallest absolute Gasteiger partial charge is 0.330 e. The van der Waals surface area contributed by atoms with E-state index in [4.69, 9.17) is 5.73 Å². The van der Waals surface area contributed by atoms with Crippen LogP contribution in [0.15, 0.2) is 33.9 Å². The maximum Gasteiger partial charge on any atom is 0.330 e. The standard InChI is InChI=1S/C20H25FN4O3/c1-2-3-11-24-17(22)16(18(26)23-20(24)28)25(15-9-4-5-10-15)19(27)13-7-6-8-14(21)12-13/h6-8,12,15H,2-5,9-11,22H2,1H3,(H,23,26,28). The van der Waals surface area contributed by atoms with Crippen LogP contribution in [0.25, 0.3) is 0 Å². The van der Waals surface area contributed by atoms with Gasteiger partial charge in [0.2, 0.25) is 0 Å². The molecule has 0 saturated heterocycles. The number of nitrogens with zero attached hydrogens (tertiary/aromatic N) is 2. The normalized spacial score (nSPS) is 14.4. The lowest BCUT2D eigenvalue weighted by Gasteiger charge is -2.30. The van der Waals surface area contributed by atoms with Gasteiger partial charge in [0.25, 0.3) is 11.5 Å². The van der Waals surface area contributed by atoms with Crippen LogP contribution in [-0.2, 0) is 6.54 Å². The number of H-pyrrole nitrogens is 1. The maximum atomic E-state index is 13.7. The first-order chi connectivity index (χ1) is 13.4. The number of aromatic amines is 1. The second-order valence-corrected chi connectivity index (χ2v) is 7.12. The number of carbonyl (C=O) groups excluding carboxylic acids is 1. The summed E-state index contributed by atoms with van der Waals surface area (Å²) in [6.07, 6.45) is 4.82. The highest BCUT2D eigenvalue weighted by Gasteiger charge is 2.33. The van der Waals surface area contributed by atoms with Gasteiger partial charge in [0.05, 0.1) is 0 Å². The summed E-state index contributed by atoms with van der Waals surface area (Å²) in [5.41, 5.74) is 5.03. The lowest BCUT2D eigenvalue weighted by Crippen LogP contribution is -2.45. The summed E-state index contributed by atoms with van der Waals surface area (Å²) in [7, 11) is 0. The Morgan fingerprint density at radius 2 is 2.04 bits per heavy atom. The van der Waals surface area contributed by atoms with E-state index in [9.17, 15) is 18.8 Å². The van der Waals surface area contributed by atoms with Gasteiger partial charge in [-0.15, -0.1) is 0 Å². The molecule has 1 fully saturated rings. The van der Waals surface area contributed by atoms with Crippen molar-refractivity contribution in [2.24, 2.45) is 0 Å². The second-order valence-electron chi connectivity index (χ2n) is 7.12. The molecule has 0 atom stereocenters. The molecule has 1 saturated carbocycles. The highest BCUT2D eigenvalue weighted by molar-refractivity contribution is 6.07. The van der Waals surface area contributed by atoms with E-state index < -0.39 is 23.0 Å². The average Bonchev–Trinajstić information content (AvgIpc) is 3.18. The monoisotopic (exact) mass is 388 g/mol. The minimum Gasteiger partial charge on any atom is -0.383 e. The number of amides is 1. The molecule has 1 heterocycles. The van der Waals surface area contributed by atoms with Crippen molar-refractivity contribution < 1.29 is 9.18 Å². The molecule has 1 aliphatic carbocycles. The van der Waals surface area contributed by atoms with Gasteiger partial charge in [0.1, 0.15) is 11.6 Å². The number of hydrogen-bond donors (Lipinski definition) is 2. The number of benzene rings is 1. The molecular weight excluding hydrogens is 363 g/mol. The zero-order valence-corrected chi connectivity index (χ0v) is 15.9. The van der Waals surface area contributed by atoms with Crippen LogP contribution in [0, 0.1) is 5.82 Å². The molecule has 150 valence electrons. The summed E-state index contributed by atoms with van der Waals surface area (Å²) in [4.78, 5) is 41.8. The lowest BCUT2D eigenvalue weighted by atomic mass is 10.1.